The van der Waals surface area contributed by atoms with Gasteiger partial charge in [0.15, 0.2) is 0 Å². The molecular weight excluding hydrogens is 353 g/mol. The first kappa shape index (κ1) is 18.7. The van der Waals surface area contributed by atoms with Gasteiger partial charge in [0.05, 0.1) is 22.6 Å². The average molecular weight is 367 g/mol. The quantitative estimate of drug-likeness (QED) is 0.707. The van der Waals surface area contributed by atoms with Gasteiger partial charge in [-0.25, -0.2) is 0 Å². The molecule has 0 atom stereocenters. The zero-order valence-electron chi connectivity index (χ0n) is 13.1. The molecule has 0 N–H and O–H groups in total. The number of hydrogen-bond donors (Lipinski definition) is 0. The van der Waals surface area contributed by atoms with E-state index in [2.05, 4.69) is 18.1 Å². The fourth-order valence-corrected chi connectivity index (χ4v) is 2.60. The number of benzene rings is 1. The Morgan fingerprint density at radius 1 is 1.32 bits per heavy atom. The Morgan fingerprint density at radius 2 is 2.04 bits per heavy atom. The van der Waals surface area contributed by atoms with Crippen LogP contribution >= 0.6 is 11.6 Å². The fourth-order valence-electron chi connectivity index (χ4n) is 2.27. The molecule has 1 heterocycles. The lowest BCUT2D eigenvalue weighted by Gasteiger charge is -2.17. The van der Waals surface area contributed by atoms with Gasteiger partial charge in [-0.05, 0) is 11.6 Å². The summed E-state index contributed by atoms with van der Waals surface area (Å²) in [5.74, 6) is 0. The first-order valence-corrected chi connectivity index (χ1v) is 7.52. The van der Waals surface area contributed by atoms with Crippen molar-refractivity contribution in [1.82, 2.24) is 9.55 Å². The predicted octanol–water partition coefficient (Wildman–Crippen LogP) is 4.88. The number of nitrogens with zero attached hydrogens (tertiary/aromatic N) is 2. The minimum atomic E-state index is -4.60. The Kier molecular flexibility index (Phi) is 5.64. The van der Waals surface area contributed by atoms with Crippen LogP contribution in [0.3, 0.4) is 0 Å². The molecular formula is C18H14ClF3N2O. The van der Waals surface area contributed by atoms with E-state index in [4.69, 9.17) is 11.6 Å². The molecule has 1 aromatic carbocycles. The molecule has 7 heteroatoms. The zero-order valence-corrected chi connectivity index (χ0v) is 13.8. The highest BCUT2D eigenvalue weighted by Gasteiger charge is 2.34. The highest BCUT2D eigenvalue weighted by molar-refractivity contribution is 6.34. The van der Waals surface area contributed by atoms with Crippen LogP contribution in [0, 0.1) is 0 Å². The van der Waals surface area contributed by atoms with Crippen molar-refractivity contribution in [2.24, 2.45) is 0 Å². The van der Waals surface area contributed by atoms with Crippen LogP contribution in [-0.2, 0) is 12.7 Å². The van der Waals surface area contributed by atoms with E-state index in [0.29, 0.717) is 0 Å². The molecule has 2 aromatic rings. The van der Waals surface area contributed by atoms with Gasteiger partial charge in [0.2, 0.25) is 0 Å². The van der Waals surface area contributed by atoms with E-state index in [1.54, 1.807) is 18.2 Å². The van der Waals surface area contributed by atoms with Crippen LogP contribution in [0.4, 0.5) is 13.2 Å². The molecule has 0 bridgehead atoms. The standard InChI is InChI=1S/C18H14ClF3N2O/c1-3-6-12(4-2)10-24-11-23-16(25)9-15(24)13-7-5-8-14(17(13)19)18(20,21)22/h3-9,11H,1-2,10H2/b12-6+. The highest BCUT2D eigenvalue weighted by atomic mass is 35.5. The van der Waals surface area contributed by atoms with Gasteiger partial charge in [0.1, 0.15) is 0 Å². The monoisotopic (exact) mass is 366 g/mol. The molecule has 2 rings (SSSR count). The van der Waals surface area contributed by atoms with Crippen molar-refractivity contribution in [3.8, 4) is 11.3 Å². The Bertz CT molecular complexity index is 898. The fraction of sp³-hybridized carbons (Fsp3) is 0.111. The second-order valence-corrected chi connectivity index (χ2v) is 5.46. The van der Waals surface area contributed by atoms with Crippen LogP contribution in [0.5, 0.6) is 0 Å². The lowest BCUT2D eigenvalue weighted by atomic mass is 10.1. The molecule has 3 nitrogen and oxygen atoms in total. The Morgan fingerprint density at radius 3 is 2.64 bits per heavy atom. The third-order valence-electron chi connectivity index (χ3n) is 3.42. The number of rotatable bonds is 5. The van der Waals surface area contributed by atoms with Crippen molar-refractivity contribution in [2.75, 3.05) is 0 Å². The summed E-state index contributed by atoms with van der Waals surface area (Å²) in [5, 5.41) is -0.470. The largest absolute Gasteiger partial charge is 0.417 e. The van der Waals surface area contributed by atoms with Gasteiger partial charge in [-0.3, -0.25) is 4.79 Å². The second kappa shape index (κ2) is 7.53. The van der Waals surface area contributed by atoms with Crippen molar-refractivity contribution < 1.29 is 13.2 Å². The first-order valence-electron chi connectivity index (χ1n) is 7.14. The van der Waals surface area contributed by atoms with Crippen LogP contribution in [0.15, 0.2) is 72.3 Å². The summed E-state index contributed by atoms with van der Waals surface area (Å²) in [5.41, 5.74) is -0.476. The molecule has 0 spiro atoms. The van der Waals surface area contributed by atoms with Crippen LogP contribution < -0.4 is 5.56 Å². The molecule has 0 aliphatic carbocycles. The summed E-state index contributed by atoms with van der Waals surface area (Å²) in [6, 6.07) is 4.71. The molecule has 0 aliphatic heterocycles. The van der Waals surface area contributed by atoms with Crippen molar-refractivity contribution >= 4 is 11.6 Å². The summed E-state index contributed by atoms with van der Waals surface area (Å²) in [7, 11) is 0. The molecule has 1 aromatic heterocycles. The Balaban J connectivity index is 2.66. The summed E-state index contributed by atoms with van der Waals surface area (Å²) < 4.78 is 40.8. The van der Waals surface area contributed by atoms with E-state index in [1.807, 2.05) is 0 Å². The smallest absolute Gasteiger partial charge is 0.327 e. The van der Waals surface area contributed by atoms with Gasteiger partial charge in [0, 0.05) is 18.2 Å². The van der Waals surface area contributed by atoms with Crippen LogP contribution in [0.2, 0.25) is 5.02 Å². The summed E-state index contributed by atoms with van der Waals surface area (Å²) in [6.45, 7) is 7.51. The molecule has 25 heavy (non-hydrogen) atoms. The summed E-state index contributed by atoms with van der Waals surface area (Å²) in [4.78, 5) is 15.3. The van der Waals surface area contributed by atoms with E-state index in [0.717, 1.165) is 17.7 Å². The Labute approximate surface area is 147 Å². The van der Waals surface area contributed by atoms with Crippen molar-refractivity contribution in [3.05, 3.63) is 88.5 Å². The minimum absolute atomic E-state index is 0.0954. The number of allylic oxidation sites excluding steroid dienone is 4. The normalized spacial score (nSPS) is 12.1. The molecule has 130 valence electrons. The molecule has 0 saturated carbocycles. The van der Waals surface area contributed by atoms with E-state index >= 15 is 0 Å². The predicted molar refractivity (Wildman–Crippen MR) is 92.4 cm³/mol. The third kappa shape index (κ3) is 4.28. The summed E-state index contributed by atoms with van der Waals surface area (Å²) in [6.07, 6.45) is 1.50. The topological polar surface area (TPSA) is 34.9 Å². The lowest BCUT2D eigenvalue weighted by Crippen LogP contribution is -2.14. The number of aromatic nitrogens is 2. The van der Waals surface area contributed by atoms with Crippen molar-refractivity contribution in [2.45, 2.75) is 12.7 Å². The van der Waals surface area contributed by atoms with E-state index in [9.17, 15) is 18.0 Å². The van der Waals surface area contributed by atoms with Gasteiger partial charge in [-0.2, -0.15) is 18.2 Å². The molecule has 0 saturated heterocycles. The minimum Gasteiger partial charge on any atom is -0.327 e. The Hall–Kier alpha value is -2.60. The SMILES string of the molecule is C=C/C=C(\C=C)Cn1cnc(=O)cc1-c1cccc(C(F)(F)F)c1Cl. The van der Waals surface area contributed by atoms with E-state index < -0.39 is 22.3 Å². The van der Waals surface area contributed by atoms with Gasteiger partial charge < -0.3 is 4.57 Å². The van der Waals surface area contributed by atoms with Crippen LogP contribution in [0.25, 0.3) is 11.3 Å². The molecule has 0 fully saturated rings. The average Bonchev–Trinajstić information content (AvgIpc) is 2.55. The molecule has 0 aliphatic rings. The number of alkyl halides is 3. The van der Waals surface area contributed by atoms with Crippen molar-refractivity contribution in [1.29, 1.82) is 0 Å². The first-order chi connectivity index (χ1) is 11.8. The van der Waals surface area contributed by atoms with E-state index in [1.165, 1.54) is 23.0 Å². The third-order valence-corrected chi connectivity index (χ3v) is 3.83. The van der Waals surface area contributed by atoms with E-state index in [-0.39, 0.29) is 17.8 Å². The van der Waals surface area contributed by atoms with Crippen LogP contribution in [-0.4, -0.2) is 9.55 Å². The maximum absolute atomic E-state index is 13.1. The highest BCUT2D eigenvalue weighted by Crippen LogP contribution is 2.39. The second-order valence-electron chi connectivity index (χ2n) is 5.09. The number of halogens is 4. The van der Waals surface area contributed by atoms with Gasteiger partial charge in [-0.1, -0.05) is 55.1 Å². The molecule has 0 amide bonds. The van der Waals surface area contributed by atoms with Gasteiger partial charge in [-0.15, -0.1) is 0 Å². The van der Waals surface area contributed by atoms with Crippen LogP contribution in [0.1, 0.15) is 5.56 Å². The van der Waals surface area contributed by atoms with Gasteiger partial charge >= 0.3 is 6.18 Å². The lowest BCUT2D eigenvalue weighted by molar-refractivity contribution is -0.137. The van der Waals surface area contributed by atoms with Crippen molar-refractivity contribution in [3.63, 3.8) is 0 Å². The number of hydrogen-bond acceptors (Lipinski definition) is 2. The zero-order chi connectivity index (χ0) is 18.6. The maximum Gasteiger partial charge on any atom is 0.417 e. The molecule has 0 radical (unpaired) electrons. The molecule has 0 unspecified atom stereocenters. The summed E-state index contributed by atoms with van der Waals surface area (Å²) >= 11 is 5.98. The van der Waals surface area contributed by atoms with Gasteiger partial charge in [0.25, 0.3) is 5.56 Å². The maximum atomic E-state index is 13.1.